The molecule has 1 fully saturated rings. The van der Waals surface area contributed by atoms with Crippen LogP contribution in [-0.4, -0.2) is 12.2 Å². The van der Waals surface area contributed by atoms with Gasteiger partial charge in [-0.25, -0.2) is 0 Å². The largest absolute Gasteiger partial charge is 0.144 e. The Morgan fingerprint density at radius 1 is 1.22 bits per heavy atom. The van der Waals surface area contributed by atoms with Crippen molar-refractivity contribution in [2.45, 2.75) is 31.4 Å². The number of hydrogen-bond acceptors (Lipinski definition) is 0. The monoisotopic (exact) mass is 226 g/mol. The molecule has 0 nitrogen and oxygen atoms in total. The van der Waals surface area contributed by atoms with Crippen LogP contribution in [-0.2, 0) is 0 Å². The van der Waals surface area contributed by atoms with Crippen molar-refractivity contribution in [1.82, 2.24) is 0 Å². The topological polar surface area (TPSA) is 0 Å². The average molecular weight is 228 g/mol. The zero-order chi connectivity index (χ0) is 6.74. The summed E-state index contributed by atoms with van der Waals surface area (Å²) in [5.41, 5.74) is 0.910. The minimum atomic E-state index is -1.03. The fourth-order valence-corrected chi connectivity index (χ4v) is 6.09. The summed E-state index contributed by atoms with van der Waals surface area (Å²) >= 11 is 9.64. The van der Waals surface area contributed by atoms with E-state index in [2.05, 4.69) is 15.3 Å². The van der Waals surface area contributed by atoms with Crippen LogP contribution in [0.3, 0.4) is 0 Å². The first-order valence-corrected chi connectivity index (χ1v) is 8.93. The van der Waals surface area contributed by atoms with Crippen LogP contribution in [0.1, 0.15) is 19.3 Å². The van der Waals surface area contributed by atoms with E-state index < -0.39 is 6.69 Å². The summed E-state index contributed by atoms with van der Waals surface area (Å²) in [6.45, 7) is -1.03. The molecule has 1 heterocycles. The van der Waals surface area contributed by atoms with Gasteiger partial charge in [-0.2, -0.15) is 0 Å². The fourth-order valence-electron chi connectivity index (χ4n) is 1.32. The Kier molecular flexibility index (Phi) is 3.05. The van der Waals surface area contributed by atoms with Gasteiger partial charge in [0.15, 0.2) is 0 Å². The lowest BCUT2D eigenvalue weighted by atomic mass is 10.3. The van der Waals surface area contributed by atoms with Crippen LogP contribution in [0, 0.1) is 0 Å². The molecule has 0 N–H and O–H groups in total. The second kappa shape index (κ2) is 3.40. The molecule has 0 amide bonds. The Morgan fingerprint density at radius 3 is 2.11 bits per heavy atom. The van der Waals surface area contributed by atoms with Crippen molar-refractivity contribution in [3.05, 3.63) is 0 Å². The van der Waals surface area contributed by atoms with Gasteiger partial charge < -0.3 is 0 Å². The summed E-state index contributed by atoms with van der Waals surface area (Å²) in [6.07, 6.45) is 4.24. The average Bonchev–Trinajstić information content (AvgIpc) is 1.90. The van der Waals surface area contributed by atoms with Gasteiger partial charge >= 0.3 is 0 Å². The minimum absolute atomic E-state index is 0.910. The van der Waals surface area contributed by atoms with Crippen molar-refractivity contribution in [2.24, 2.45) is 0 Å². The maximum atomic E-state index is 5.84. The van der Waals surface area contributed by atoms with Gasteiger partial charge in [0.1, 0.15) is 6.69 Å². The summed E-state index contributed by atoms with van der Waals surface area (Å²) in [7, 11) is 0. The molecule has 1 aliphatic rings. The van der Waals surface area contributed by atoms with Crippen LogP contribution in [0.15, 0.2) is 0 Å². The van der Waals surface area contributed by atoms with E-state index in [4.69, 9.17) is 11.6 Å². The Bertz CT molecular complexity index is 91.1. The first-order valence-electron chi connectivity index (χ1n) is 3.52. The van der Waals surface area contributed by atoms with Gasteiger partial charge in [0.05, 0.1) is 0 Å². The SMILES string of the molecule is ClC[Si]1(Br)CCCCC1. The van der Waals surface area contributed by atoms with Gasteiger partial charge in [0, 0.05) is 5.50 Å². The summed E-state index contributed by atoms with van der Waals surface area (Å²) < 4.78 is 0. The minimum Gasteiger partial charge on any atom is -0.129 e. The molecule has 1 aliphatic heterocycles. The second-order valence-corrected chi connectivity index (χ2v) is 12.3. The third-order valence-corrected chi connectivity index (χ3v) is 10.7. The highest BCUT2D eigenvalue weighted by molar-refractivity contribution is 9.26. The lowest BCUT2D eigenvalue weighted by Crippen LogP contribution is -2.31. The van der Waals surface area contributed by atoms with Gasteiger partial charge in [-0.05, 0) is 12.1 Å². The van der Waals surface area contributed by atoms with E-state index >= 15 is 0 Å². The maximum Gasteiger partial charge on any atom is 0.144 e. The van der Waals surface area contributed by atoms with Gasteiger partial charge in [-0.15, -0.1) is 26.9 Å². The van der Waals surface area contributed by atoms with Crippen molar-refractivity contribution >= 4 is 33.6 Å². The molecule has 1 rings (SSSR count). The summed E-state index contributed by atoms with van der Waals surface area (Å²) in [6, 6.07) is 2.80. The van der Waals surface area contributed by atoms with Crippen molar-refractivity contribution in [3.8, 4) is 0 Å². The Hall–Kier alpha value is 0.987. The molecular weight excluding hydrogens is 216 g/mol. The molecule has 0 radical (unpaired) electrons. The zero-order valence-electron chi connectivity index (χ0n) is 5.50. The molecule has 0 atom stereocenters. The zero-order valence-corrected chi connectivity index (χ0v) is 8.84. The standard InChI is InChI=1S/C6H12BrClSi/c7-9(6-8)4-2-1-3-5-9/h1-6H2. The third-order valence-electron chi connectivity index (χ3n) is 1.99. The van der Waals surface area contributed by atoms with E-state index in [0.29, 0.717) is 0 Å². The highest BCUT2D eigenvalue weighted by Gasteiger charge is 2.30. The lowest BCUT2D eigenvalue weighted by molar-refractivity contribution is 0.722. The van der Waals surface area contributed by atoms with E-state index in [9.17, 15) is 0 Å². The predicted molar refractivity (Wildman–Crippen MR) is 48.9 cm³/mol. The van der Waals surface area contributed by atoms with Crippen LogP contribution in [0.2, 0.25) is 12.1 Å². The number of hydrogen-bond donors (Lipinski definition) is 0. The maximum absolute atomic E-state index is 5.84. The highest BCUT2D eigenvalue weighted by Crippen LogP contribution is 2.33. The van der Waals surface area contributed by atoms with Crippen molar-refractivity contribution in [1.29, 1.82) is 0 Å². The normalized spacial score (nSPS) is 26.0. The Labute approximate surface area is 70.6 Å². The third kappa shape index (κ3) is 2.24. The van der Waals surface area contributed by atoms with Crippen LogP contribution >= 0.6 is 26.9 Å². The number of rotatable bonds is 1. The van der Waals surface area contributed by atoms with E-state index in [-0.39, 0.29) is 0 Å². The van der Waals surface area contributed by atoms with Crippen molar-refractivity contribution in [3.63, 3.8) is 0 Å². The van der Waals surface area contributed by atoms with Crippen LogP contribution in [0.4, 0.5) is 0 Å². The van der Waals surface area contributed by atoms with Crippen LogP contribution in [0.5, 0.6) is 0 Å². The summed E-state index contributed by atoms with van der Waals surface area (Å²) in [5.74, 6) is 0. The van der Waals surface area contributed by atoms with E-state index in [1.165, 1.54) is 31.4 Å². The van der Waals surface area contributed by atoms with Gasteiger partial charge in [-0.3, -0.25) is 0 Å². The molecule has 0 spiro atoms. The molecule has 1 saturated heterocycles. The van der Waals surface area contributed by atoms with Crippen molar-refractivity contribution in [2.75, 3.05) is 5.50 Å². The van der Waals surface area contributed by atoms with E-state index in [1.807, 2.05) is 0 Å². The van der Waals surface area contributed by atoms with E-state index in [0.717, 1.165) is 5.50 Å². The Balaban J connectivity index is 2.37. The smallest absolute Gasteiger partial charge is 0.129 e. The number of alkyl halides is 1. The molecule has 0 aromatic rings. The first-order chi connectivity index (χ1) is 4.27. The van der Waals surface area contributed by atoms with Crippen LogP contribution < -0.4 is 0 Å². The molecule has 0 bridgehead atoms. The molecule has 54 valence electrons. The molecule has 0 aromatic heterocycles. The van der Waals surface area contributed by atoms with Gasteiger partial charge in [-0.1, -0.05) is 19.3 Å². The van der Waals surface area contributed by atoms with Crippen LogP contribution in [0.25, 0.3) is 0 Å². The predicted octanol–water partition coefficient (Wildman–Crippen LogP) is 3.29. The fraction of sp³-hybridized carbons (Fsp3) is 1.00. The highest BCUT2D eigenvalue weighted by atomic mass is 79.9. The van der Waals surface area contributed by atoms with E-state index in [1.54, 1.807) is 0 Å². The second-order valence-electron chi connectivity index (χ2n) is 2.85. The quantitative estimate of drug-likeness (QED) is 0.366. The number of halogens is 2. The first kappa shape index (κ1) is 8.09. The molecule has 0 unspecified atom stereocenters. The van der Waals surface area contributed by atoms with Crippen molar-refractivity contribution < 1.29 is 0 Å². The molecule has 0 aromatic carbocycles. The molecule has 0 aliphatic carbocycles. The molecule has 0 saturated carbocycles. The summed E-state index contributed by atoms with van der Waals surface area (Å²) in [5, 5.41) is 0. The van der Waals surface area contributed by atoms with Gasteiger partial charge in [0.25, 0.3) is 0 Å². The Morgan fingerprint density at radius 2 is 1.78 bits per heavy atom. The van der Waals surface area contributed by atoms with Gasteiger partial charge in [0.2, 0.25) is 0 Å². The molecule has 9 heavy (non-hydrogen) atoms. The molecule has 3 heteroatoms. The molecular formula is C6H12BrClSi. The lowest BCUT2D eigenvalue weighted by Gasteiger charge is -2.26. The summed E-state index contributed by atoms with van der Waals surface area (Å²) in [4.78, 5) is 0.